The predicted molar refractivity (Wildman–Crippen MR) is 87.0 cm³/mol. The van der Waals surface area contributed by atoms with Gasteiger partial charge in [0.2, 0.25) is 15.9 Å². The third-order valence-corrected chi connectivity index (χ3v) is 5.83. The van der Waals surface area contributed by atoms with Gasteiger partial charge in [0.25, 0.3) is 0 Å². The molecule has 0 radical (unpaired) electrons. The van der Waals surface area contributed by atoms with E-state index >= 15 is 0 Å². The van der Waals surface area contributed by atoms with Gasteiger partial charge in [0.15, 0.2) is 0 Å². The number of nitrogens with two attached hydrogens (primary N) is 1. The van der Waals surface area contributed by atoms with E-state index in [0.29, 0.717) is 19.5 Å². The predicted octanol–water partition coefficient (Wildman–Crippen LogP) is 0.858. The third-order valence-electron chi connectivity index (χ3n) is 3.97. The number of rotatable bonds is 7. The number of amides is 1. The Morgan fingerprint density at radius 1 is 1.29 bits per heavy atom. The largest absolute Gasteiger partial charge is 0.354 e. The lowest BCUT2D eigenvalue weighted by Crippen LogP contribution is -2.55. The highest BCUT2D eigenvalue weighted by Gasteiger charge is 2.34. The number of hydrogen-bond acceptors (Lipinski definition) is 4. The van der Waals surface area contributed by atoms with Crippen molar-refractivity contribution in [2.75, 3.05) is 25.9 Å². The van der Waals surface area contributed by atoms with Crippen LogP contribution in [-0.4, -0.2) is 50.1 Å². The van der Waals surface area contributed by atoms with Crippen molar-refractivity contribution in [3.63, 3.8) is 0 Å². The van der Waals surface area contributed by atoms with Crippen molar-refractivity contribution in [2.24, 2.45) is 5.73 Å². The maximum absolute atomic E-state index is 12.0. The van der Waals surface area contributed by atoms with Crippen LogP contribution in [-0.2, 0) is 14.8 Å². The molecule has 0 bridgehead atoms. The molecule has 1 amide bonds. The summed E-state index contributed by atoms with van der Waals surface area (Å²) < 4.78 is 24.4. The van der Waals surface area contributed by atoms with Crippen LogP contribution in [0.15, 0.2) is 0 Å². The highest BCUT2D eigenvalue weighted by molar-refractivity contribution is 7.89. The minimum Gasteiger partial charge on any atom is -0.354 e. The molecule has 0 heterocycles. The van der Waals surface area contributed by atoms with Gasteiger partial charge < -0.3 is 11.1 Å². The summed E-state index contributed by atoms with van der Waals surface area (Å²) in [6.45, 7) is 2.49. The van der Waals surface area contributed by atoms with Gasteiger partial charge in [0.05, 0.1) is 11.3 Å². The second-order valence-electron chi connectivity index (χ2n) is 5.55. The summed E-state index contributed by atoms with van der Waals surface area (Å²) >= 11 is 0. The van der Waals surface area contributed by atoms with Crippen molar-refractivity contribution in [1.82, 2.24) is 9.62 Å². The van der Waals surface area contributed by atoms with E-state index in [4.69, 9.17) is 5.73 Å². The summed E-state index contributed by atoms with van der Waals surface area (Å²) in [5, 5.41) is 2.83. The van der Waals surface area contributed by atoms with Crippen LogP contribution < -0.4 is 11.1 Å². The first-order valence-electron chi connectivity index (χ1n) is 7.33. The van der Waals surface area contributed by atoms with E-state index in [1.807, 2.05) is 0 Å². The average molecular weight is 342 g/mol. The molecule has 126 valence electrons. The number of carbonyl (C=O) groups excluding carboxylic acids is 1. The molecule has 6 nitrogen and oxygen atoms in total. The number of hydrogen-bond donors (Lipinski definition) is 2. The van der Waals surface area contributed by atoms with Crippen LogP contribution in [0.1, 0.15) is 45.4 Å². The lowest BCUT2D eigenvalue weighted by Gasteiger charge is -2.31. The Morgan fingerprint density at radius 3 is 2.38 bits per heavy atom. The molecule has 0 unspecified atom stereocenters. The van der Waals surface area contributed by atoms with E-state index in [2.05, 4.69) is 5.32 Å². The lowest BCUT2D eigenvalue weighted by atomic mass is 9.82. The number of carbonyl (C=O) groups is 1. The van der Waals surface area contributed by atoms with E-state index < -0.39 is 15.6 Å². The second kappa shape index (κ2) is 8.92. The molecule has 3 N–H and O–H groups in total. The van der Waals surface area contributed by atoms with E-state index in [1.54, 1.807) is 14.0 Å². The zero-order chi connectivity index (χ0) is 15.2. The quantitative estimate of drug-likeness (QED) is 0.672. The van der Waals surface area contributed by atoms with Crippen molar-refractivity contribution in [3.05, 3.63) is 0 Å². The molecule has 0 aromatic rings. The van der Waals surface area contributed by atoms with Gasteiger partial charge in [0.1, 0.15) is 0 Å². The van der Waals surface area contributed by atoms with Gasteiger partial charge in [-0.3, -0.25) is 4.79 Å². The SMILES string of the molecule is CCS(=O)(=O)N(C)CCCNC(=O)C1(N)CCCCC1.Cl. The molecule has 0 aliphatic heterocycles. The molecule has 0 aromatic carbocycles. The Labute approximate surface area is 134 Å². The topological polar surface area (TPSA) is 92.5 Å². The van der Waals surface area contributed by atoms with Crippen molar-refractivity contribution in [1.29, 1.82) is 0 Å². The van der Waals surface area contributed by atoms with E-state index in [1.165, 1.54) is 4.31 Å². The highest BCUT2D eigenvalue weighted by Crippen LogP contribution is 2.25. The molecular weight excluding hydrogens is 314 g/mol. The van der Waals surface area contributed by atoms with Crippen LogP contribution in [0.3, 0.4) is 0 Å². The smallest absolute Gasteiger partial charge is 0.240 e. The summed E-state index contributed by atoms with van der Waals surface area (Å²) in [5.74, 6) is 0.0000911. The zero-order valence-corrected chi connectivity index (χ0v) is 14.6. The summed E-state index contributed by atoms with van der Waals surface area (Å²) in [5.41, 5.74) is 5.39. The van der Waals surface area contributed by atoms with Crippen molar-refractivity contribution >= 4 is 28.3 Å². The number of halogens is 1. The Bertz CT molecular complexity index is 422. The fourth-order valence-corrected chi connectivity index (χ4v) is 3.30. The Balaban J connectivity index is 0.00000400. The van der Waals surface area contributed by atoms with Crippen molar-refractivity contribution < 1.29 is 13.2 Å². The Morgan fingerprint density at radius 2 is 1.86 bits per heavy atom. The Kier molecular flexibility index (Phi) is 8.77. The number of nitrogens with one attached hydrogen (secondary N) is 1. The standard InChI is InChI=1S/C13H27N3O3S.ClH/c1-3-20(18,19)16(2)11-7-10-15-12(17)13(14)8-5-4-6-9-13;/h3-11,14H2,1-2H3,(H,15,17);1H. The summed E-state index contributed by atoms with van der Waals surface area (Å²) in [7, 11) is -1.57. The minimum absolute atomic E-state index is 0. The average Bonchev–Trinajstić information content (AvgIpc) is 2.43. The molecule has 1 saturated carbocycles. The fourth-order valence-electron chi connectivity index (χ4n) is 2.45. The van der Waals surface area contributed by atoms with Gasteiger partial charge in [-0.2, -0.15) is 0 Å². The first-order valence-corrected chi connectivity index (χ1v) is 8.94. The second-order valence-corrected chi connectivity index (χ2v) is 7.91. The van der Waals surface area contributed by atoms with Gasteiger partial charge in [-0.25, -0.2) is 12.7 Å². The molecule has 1 aliphatic rings. The van der Waals surface area contributed by atoms with Gasteiger partial charge in [-0.1, -0.05) is 19.3 Å². The van der Waals surface area contributed by atoms with Crippen LogP contribution in [0.25, 0.3) is 0 Å². The molecular formula is C13H28ClN3O3S. The monoisotopic (exact) mass is 341 g/mol. The highest BCUT2D eigenvalue weighted by atomic mass is 35.5. The fraction of sp³-hybridized carbons (Fsp3) is 0.923. The lowest BCUT2D eigenvalue weighted by molar-refractivity contribution is -0.127. The first kappa shape index (κ1) is 20.6. The zero-order valence-electron chi connectivity index (χ0n) is 12.9. The van der Waals surface area contributed by atoms with Crippen molar-refractivity contribution in [3.8, 4) is 0 Å². The number of sulfonamides is 1. The molecule has 0 saturated heterocycles. The van der Waals surface area contributed by atoms with Gasteiger partial charge >= 0.3 is 0 Å². The molecule has 0 spiro atoms. The maximum atomic E-state index is 12.0. The molecule has 1 fully saturated rings. The van der Waals surface area contributed by atoms with Crippen LogP contribution >= 0.6 is 12.4 Å². The number of nitrogens with zero attached hydrogens (tertiary/aromatic N) is 1. The molecule has 1 rings (SSSR count). The normalized spacial score (nSPS) is 18.1. The van der Waals surface area contributed by atoms with Gasteiger partial charge in [0, 0.05) is 20.1 Å². The Hall–Kier alpha value is -0.370. The van der Waals surface area contributed by atoms with Crippen LogP contribution in [0, 0.1) is 0 Å². The van der Waals surface area contributed by atoms with E-state index in [-0.39, 0.29) is 24.1 Å². The summed E-state index contributed by atoms with van der Waals surface area (Å²) in [4.78, 5) is 12.0. The van der Waals surface area contributed by atoms with Gasteiger partial charge in [-0.15, -0.1) is 12.4 Å². The summed E-state index contributed by atoms with van der Waals surface area (Å²) in [6, 6.07) is 0. The molecule has 0 aromatic heterocycles. The van der Waals surface area contributed by atoms with Gasteiger partial charge in [-0.05, 0) is 26.2 Å². The van der Waals surface area contributed by atoms with E-state index in [9.17, 15) is 13.2 Å². The maximum Gasteiger partial charge on any atom is 0.240 e. The molecule has 1 aliphatic carbocycles. The molecule has 0 atom stereocenters. The first-order chi connectivity index (χ1) is 9.32. The van der Waals surface area contributed by atoms with E-state index in [0.717, 1.165) is 32.1 Å². The minimum atomic E-state index is -3.14. The van der Waals surface area contributed by atoms with Crippen LogP contribution in [0.5, 0.6) is 0 Å². The summed E-state index contributed by atoms with van der Waals surface area (Å²) in [6.07, 6.45) is 5.22. The van der Waals surface area contributed by atoms with Crippen molar-refractivity contribution in [2.45, 2.75) is 51.0 Å². The third kappa shape index (κ3) is 6.10. The molecule has 8 heteroatoms. The van der Waals surface area contributed by atoms with Crippen LogP contribution in [0.2, 0.25) is 0 Å². The molecule has 21 heavy (non-hydrogen) atoms. The van der Waals surface area contributed by atoms with Crippen LogP contribution in [0.4, 0.5) is 0 Å².